The molecule has 196 valence electrons. The number of benzene rings is 2. The second kappa shape index (κ2) is 13.0. The van der Waals surface area contributed by atoms with E-state index >= 15 is 0 Å². The lowest BCUT2D eigenvalue weighted by Gasteiger charge is -2.27. The summed E-state index contributed by atoms with van der Waals surface area (Å²) in [5.74, 6) is 0.748. The first-order valence-electron chi connectivity index (χ1n) is 12.3. The molecule has 0 bridgehead atoms. The Kier molecular flexibility index (Phi) is 10.0. The van der Waals surface area contributed by atoms with Crippen LogP contribution in [0.3, 0.4) is 0 Å². The molecule has 0 amide bonds. The van der Waals surface area contributed by atoms with E-state index in [0.29, 0.717) is 44.3 Å². The molecule has 0 radical (unpaired) electrons. The molecule has 0 unspecified atom stereocenters. The molecule has 0 fully saturated rings. The maximum Gasteiger partial charge on any atom is 0.227 e. The van der Waals surface area contributed by atoms with E-state index in [9.17, 15) is 9.50 Å². The van der Waals surface area contributed by atoms with Gasteiger partial charge in [-0.25, -0.2) is 9.07 Å². The van der Waals surface area contributed by atoms with Crippen LogP contribution in [0.4, 0.5) is 4.39 Å². The van der Waals surface area contributed by atoms with Crippen molar-refractivity contribution in [3.05, 3.63) is 71.7 Å². The lowest BCUT2D eigenvalue weighted by molar-refractivity contribution is -0.0577. The predicted molar refractivity (Wildman–Crippen MR) is 138 cm³/mol. The monoisotopic (exact) mass is 499 g/mol. The molecule has 3 aromatic rings. The minimum atomic E-state index is -0.670. The van der Waals surface area contributed by atoms with E-state index in [4.69, 9.17) is 19.3 Å². The van der Waals surface area contributed by atoms with Gasteiger partial charge in [0.2, 0.25) is 5.88 Å². The van der Waals surface area contributed by atoms with E-state index < -0.39 is 6.10 Å². The van der Waals surface area contributed by atoms with Crippen molar-refractivity contribution in [2.24, 2.45) is 0 Å². The standard InChI is InChI=1S/C28H38FN3O4/c1-6-26-25(19-31(16-17-34-5)18-23(33)20-35-28(2,3)4)27(36-24-14-12-21(29)13-15-24)32(30-26)22-10-8-7-9-11-22/h7-15,23,33H,6,16-20H2,1-5H3/t23-/m0/s1. The average Bonchev–Trinajstić information content (AvgIpc) is 3.19. The minimum absolute atomic E-state index is 0.232. The highest BCUT2D eigenvalue weighted by atomic mass is 19.1. The number of aliphatic hydroxyl groups is 1. The fourth-order valence-electron chi connectivity index (χ4n) is 3.76. The van der Waals surface area contributed by atoms with Gasteiger partial charge in [-0.1, -0.05) is 25.1 Å². The summed E-state index contributed by atoms with van der Waals surface area (Å²) in [5.41, 5.74) is 2.32. The lowest BCUT2D eigenvalue weighted by Crippen LogP contribution is -2.38. The Balaban J connectivity index is 1.95. The smallest absolute Gasteiger partial charge is 0.227 e. The highest BCUT2D eigenvalue weighted by Crippen LogP contribution is 2.32. The van der Waals surface area contributed by atoms with Crippen LogP contribution in [-0.4, -0.2) is 64.9 Å². The summed E-state index contributed by atoms with van der Waals surface area (Å²) in [7, 11) is 1.66. The predicted octanol–water partition coefficient (Wildman–Crippen LogP) is 4.99. The largest absolute Gasteiger partial charge is 0.439 e. The van der Waals surface area contributed by atoms with Gasteiger partial charge in [-0.2, -0.15) is 5.10 Å². The summed E-state index contributed by atoms with van der Waals surface area (Å²) in [5, 5.41) is 15.6. The third kappa shape index (κ3) is 8.13. The Hall–Kier alpha value is -2.78. The van der Waals surface area contributed by atoms with Gasteiger partial charge >= 0.3 is 0 Å². The Morgan fingerprint density at radius 3 is 2.39 bits per heavy atom. The van der Waals surface area contributed by atoms with Gasteiger partial charge in [0, 0.05) is 26.7 Å². The number of hydrogen-bond acceptors (Lipinski definition) is 6. The van der Waals surface area contributed by atoms with Crippen molar-refractivity contribution in [2.45, 2.75) is 52.4 Å². The van der Waals surface area contributed by atoms with Crippen LogP contribution in [0.2, 0.25) is 0 Å². The van der Waals surface area contributed by atoms with Gasteiger partial charge in [0.1, 0.15) is 11.6 Å². The first-order valence-corrected chi connectivity index (χ1v) is 12.3. The van der Waals surface area contributed by atoms with Crippen LogP contribution in [0.1, 0.15) is 39.0 Å². The number of halogens is 1. The SMILES string of the molecule is CCc1nn(-c2ccccc2)c(Oc2ccc(F)cc2)c1CN(CCOC)C[C@H](O)COC(C)(C)C. The zero-order valence-electron chi connectivity index (χ0n) is 21.9. The number of methoxy groups -OCH3 is 1. The zero-order chi connectivity index (χ0) is 26.1. The fourth-order valence-corrected chi connectivity index (χ4v) is 3.76. The number of rotatable bonds is 13. The van der Waals surface area contributed by atoms with Crippen LogP contribution in [-0.2, 0) is 22.4 Å². The Labute approximate surface area is 213 Å². The normalized spacial score (nSPS) is 12.8. The van der Waals surface area contributed by atoms with Gasteiger partial charge in [-0.3, -0.25) is 4.90 Å². The van der Waals surface area contributed by atoms with Gasteiger partial charge in [0.15, 0.2) is 0 Å². The van der Waals surface area contributed by atoms with Crippen LogP contribution in [0.5, 0.6) is 11.6 Å². The molecule has 0 aliphatic carbocycles. The van der Waals surface area contributed by atoms with E-state index in [2.05, 4.69) is 4.90 Å². The lowest BCUT2D eigenvalue weighted by atomic mass is 10.1. The van der Waals surface area contributed by atoms with Crippen LogP contribution >= 0.6 is 0 Å². The topological polar surface area (TPSA) is 69.0 Å². The summed E-state index contributed by atoms with van der Waals surface area (Å²) in [4.78, 5) is 2.11. The molecule has 7 nitrogen and oxygen atoms in total. The zero-order valence-corrected chi connectivity index (χ0v) is 21.9. The van der Waals surface area contributed by atoms with E-state index in [0.717, 1.165) is 16.9 Å². The summed E-state index contributed by atoms with van der Waals surface area (Å²) in [6.07, 6.45) is 0.0275. The maximum absolute atomic E-state index is 13.5. The molecule has 0 aliphatic heterocycles. The van der Waals surface area contributed by atoms with Gasteiger partial charge < -0.3 is 19.3 Å². The molecular weight excluding hydrogens is 461 g/mol. The Morgan fingerprint density at radius 2 is 1.78 bits per heavy atom. The summed E-state index contributed by atoms with van der Waals surface area (Å²) < 4.78 is 32.8. The number of aromatic nitrogens is 2. The molecular formula is C28H38FN3O4. The first kappa shape index (κ1) is 27.8. The summed E-state index contributed by atoms with van der Waals surface area (Å²) in [6.45, 7) is 10.2. The van der Waals surface area contributed by atoms with E-state index in [1.807, 2.05) is 58.0 Å². The molecule has 2 aromatic carbocycles. The van der Waals surface area contributed by atoms with Gasteiger partial charge in [0.25, 0.3) is 0 Å². The molecule has 0 saturated heterocycles. The minimum Gasteiger partial charge on any atom is -0.439 e. The molecule has 0 saturated carbocycles. The number of aliphatic hydroxyl groups excluding tert-OH is 1. The van der Waals surface area contributed by atoms with Crippen molar-refractivity contribution in [3.63, 3.8) is 0 Å². The molecule has 1 heterocycles. The first-order chi connectivity index (χ1) is 17.2. The van der Waals surface area contributed by atoms with Crippen LogP contribution in [0.25, 0.3) is 5.69 Å². The molecule has 1 aromatic heterocycles. The highest BCUT2D eigenvalue weighted by Gasteiger charge is 2.24. The van der Waals surface area contributed by atoms with Gasteiger partial charge in [-0.05, 0) is 63.6 Å². The molecule has 36 heavy (non-hydrogen) atoms. The van der Waals surface area contributed by atoms with Crippen LogP contribution in [0.15, 0.2) is 54.6 Å². The van der Waals surface area contributed by atoms with Crippen molar-refractivity contribution in [1.29, 1.82) is 0 Å². The van der Waals surface area contributed by atoms with Gasteiger partial charge in [-0.15, -0.1) is 0 Å². The summed E-state index contributed by atoms with van der Waals surface area (Å²) >= 11 is 0. The van der Waals surface area contributed by atoms with E-state index in [1.54, 1.807) is 23.9 Å². The Bertz CT molecular complexity index is 1060. The number of aryl methyl sites for hydroxylation is 1. The van der Waals surface area contributed by atoms with Crippen molar-refractivity contribution in [3.8, 4) is 17.3 Å². The second-order valence-electron chi connectivity index (χ2n) is 9.69. The maximum atomic E-state index is 13.5. The van der Waals surface area contributed by atoms with Crippen LogP contribution in [0, 0.1) is 5.82 Å². The quantitative estimate of drug-likeness (QED) is 0.357. The Morgan fingerprint density at radius 1 is 1.08 bits per heavy atom. The van der Waals surface area contributed by atoms with Gasteiger partial charge in [0.05, 0.1) is 41.9 Å². The van der Waals surface area contributed by atoms with Crippen molar-refractivity contribution >= 4 is 0 Å². The molecule has 3 rings (SSSR count). The molecule has 0 aliphatic rings. The van der Waals surface area contributed by atoms with Crippen molar-refractivity contribution in [1.82, 2.24) is 14.7 Å². The number of para-hydroxylation sites is 1. The molecule has 0 spiro atoms. The van der Waals surface area contributed by atoms with Crippen LogP contribution < -0.4 is 4.74 Å². The number of hydrogen-bond donors (Lipinski definition) is 1. The third-order valence-electron chi connectivity index (χ3n) is 5.55. The summed E-state index contributed by atoms with van der Waals surface area (Å²) in [6, 6.07) is 15.7. The second-order valence-corrected chi connectivity index (χ2v) is 9.69. The molecule has 1 N–H and O–H groups in total. The highest BCUT2D eigenvalue weighted by molar-refractivity contribution is 5.43. The van der Waals surface area contributed by atoms with E-state index in [1.165, 1.54) is 12.1 Å². The molecule has 8 heteroatoms. The third-order valence-corrected chi connectivity index (χ3v) is 5.55. The average molecular weight is 500 g/mol. The van der Waals surface area contributed by atoms with Crippen molar-refractivity contribution in [2.75, 3.05) is 33.4 Å². The number of ether oxygens (including phenoxy) is 3. The molecule has 1 atom stereocenters. The fraction of sp³-hybridized carbons (Fsp3) is 0.464. The number of nitrogens with zero attached hydrogens (tertiary/aromatic N) is 3. The van der Waals surface area contributed by atoms with E-state index in [-0.39, 0.29) is 18.0 Å². The van der Waals surface area contributed by atoms with Crippen molar-refractivity contribution < 1.29 is 23.7 Å².